The standard InChI is InChI=1S/C7H9ClO/c8-3-5-4-1-2-6(9)7(4)5/h4-5,7H,1-3H2. The minimum Gasteiger partial charge on any atom is -0.299 e. The summed E-state index contributed by atoms with van der Waals surface area (Å²) < 4.78 is 0. The molecule has 0 saturated heterocycles. The second-order valence-electron chi connectivity index (χ2n) is 3.01. The van der Waals surface area contributed by atoms with Gasteiger partial charge in [-0.2, -0.15) is 0 Å². The number of halogens is 1. The molecule has 2 rings (SSSR count). The topological polar surface area (TPSA) is 17.1 Å². The minimum absolute atomic E-state index is 0.391. The van der Waals surface area contributed by atoms with Gasteiger partial charge in [-0.15, -0.1) is 11.6 Å². The summed E-state index contributed by atoms with van der Waals surface area (Å²) in [4.78, 5) is 10.9. The first-order valence-corrected chi connectivity index (χ1v) is 3.96. The van der Waals surface area contributed by atoms with Crippen LogP contribution in [-0.4, -0.2) is 11.7 Å². The third kappa shape index (κ3) is 0.644. The van der Waals surface area contributed by atoms with Gasteiger partial charge in [-0.3, -0.25) is 4.79 Å². The summed E-state index contributed by atoms with van der Waals surface area (Å²) in [6.45, 7) is 0. The molecule has 3 unspecified atom stereocenters. The fourth-order valence-electron chi connectivity index (χ4n) is 2.00. The minimum atomic E-state index is 0.391. The van der Waals surface area contributed by atoms with E-state index in [1.54, 1.807) is 0 Å². The van der Waals surface area contributed by atoms with Crippen molar-refractivity contribution in [2.45, 2.75) is 12.8 Å². The monoisotopic (exact) mass is 144 g/mol. The van der Waals surface area contributed by atoms with Crippen LogP contribution >= 0.6 is 11.6 Å². The molecule has 0 radical (unpaired) electrons. The van der Waals surface area contributed by atoms with Gasteiger partial charge in [0.2, 0.25) is 0 Å². The van der Waals surface area contributed by atoms with Crippen LogP contribution in [0.5, 0.6) is 0 Å². The molecule has 2 saturated carbocycles. The Morgan fingerprint density at radius 3 is 2.78 bits per heavy atom. The fourth-order valence-corrected chi connectivity index (χ4v) is 2.42. The summed E-state index contributed by atoms with van der Waals surface area (Å²) in [5.74, 6) is 2.80. The molecule has 0 aliphatic heterocycles. The van der Waals surface area contributed by atoms with Gasteiger partial charge in [-0.1, -0.05) is 0 Å². The highest BCUT2D eigenvalue weighted by molar-refractivity contribution is 6.18. The van der Waals surface area contributed by atoms with Crippen LogP contribution < -0.4 is 0 Å². The molecule has 2 fully saturated rings. The largest absolute Gasteiger partial charge is 0.299 e. The molecule has 3 atom stereocenters. The number of hydrogen-bond acceptors (Lipinski definition) is 1. The van der Waals surface area contributed by atoms with Gasteiger partial charge in [0.1, 0.15) is 5.78 Å². The molecule has 0 aromatic carbocycles. The average Bonchev–Trinajstić information content (AvgIpc) is 2.46. The maximum atomic E-state index is 10.9. The van der Waals surface area contributed by atoms with E-state index in [0.717, 1.165) is 12.8 Å². The Labute approximate surface area is 59.4 Å². The zero-order valence-electron chi connectivity index (χ0n) is 5.14. The van der Waals surface area contributed by atoms with Gasteiger partial charge in [0, 0.05) is 18.2 Å². The lowest BCUT2D eigenvalue weighted by Crippen LogP contribution is -1.99. The van der Waals surface area contributed by atoms with Crippen LogP contribution in [-0.2, 0) is 4.79 Å². The lowest BCUT2D eigenvalue weighted by molar-refractivity contribution is -0.119. The van der Waals surface area contributed by atoms with Gasteiger partial charge in [0.15, 0.2) is 0 Å². The molecule has 9 heavy (non-hydrogen) atoms. The Morgan fingerprint density at radius 2 is 2.44 bits per heavy atom. The molecular weight excluding hydrogens is 136 g/mol. The third-order valence-corrected chi connectivity index (χ3v) is 2.96. The Morgan fingerprint density at radius 1 is 1.67 bits per heavy atom. The number of carbonyl (C=O) groups is 1. The summed E-state index contributed by atoms with van der Waals surface area (Å²) in [5, 5.41) is 0. The summed E-state index contributed by atoms with van der Waals surface area (Å²) in [6.07, 6.45) is 1.93. The van der Waals surface area contributed by atoms with Crippen molar-refractivity contribution in [2.24, 2.45) is 17.8 Å². The number of Topliss-reactive ketones (excluding diaryl/α,β-unsaturated/α-hetero) is 1. The number of alkyl halides is 1. The van der Waals surface area contributed by atoms with Crippen molar-refractivity contribution in [1.29, 1.82) is 0 Å². The van der Waals surface area contributed by atoms with Crippen LogP contribution in [0.3, 0.4) is 0 Å². The Balaban J connectivity index is 2.06. The second kappa shape index (κ2) is 1.72. The van der Waals surface area contributed by atoms with Gasteiger partial charge < -0.3 is 0 Å². The van der Waals surface area contributed by atoms with Crippen LogP contribution in [0.2, 0.25) is 0 Å². The van der Waals surface area contributed by atoms with Crippen molar-refractivity contribution in [2.75, 3.05) is 5.88 Å². The number of carbonyl (C=O) groups excluding carboxylic acids is 1. The van der Waals surface area contributed by atoms with Crippen LogP contribution in [0.1, 0.15) is 12.8 Å². The molecule has 0 bridgehead atoms. The van der Waals surface area contributed by atoms with Crippen molar-refractivity contribution in [3.63, 3.8) is 0 Å². The van der Waals surface area contributed by atoms with Crippen molar-refractivity contribution < 1.29 is 4.79 Å². The van der Waals surface area contributed by atoms with E-state index < -0.39 is 0 Å². The highest BCUT2D eigenvalue weighted by Crippen LogP contribution is 2.55. The highest BCUT2D eigenvalue weighted by atomic mass is 35.5. The van der Waals surface area contributed by atoms with E-state index in [9.17, 15) is 4.79 Å². The fraction of sp³-hybridized carbons (Fsp3) is 0.857. The first-order chi connectivity index (χ1) is 4.34. The molecule has 0 N–H and O–H groups in total. The summed E-state index contributed by atoms with van der Waals surface area (Å²) >= 11 is 5.61. The second-order valence-corrected chi connectivity index (χ2v) is 3.32. The predicted molar refractivity (Wildman–Crippen MR) is 35.4 cm³/mol. The molecule has 0 aromatic rings. The summed E-state index contributed by atoms with van der Waals surface area (Å²) in [7, 11) is 0. The quantitative estimate of drug-likeness (QED) is 0.509. The number of ketones is 1. The SMILES string of the molecule is O=C1CCC2C(CCl)C12. The number of rotatable bonds is 1. The van der Waals surface area contributed by atoms with E-state index in [1.807, 2.05) is 0 Å². The van der Waals surface area contributed by atoms with Crippen LogP contribution in [0.25, 0.3) is 0 Å². The molecule has 0 heterocycles. The van der Waals surface area contributed by atoms with Gasteiger partial charge in [0.05, 0.1) is 0 Å². The number of hydrogen-bond donors (Lipinski definition) is 0. The zero-order chi connectivity index (χ0) is 6.43. The predicted octanol–water partition coefficient (Wildman–Crippen LogP) is 1.45. The normalized spacial score (nSPS) is 47.2. The van der Waals surface area contributed by atoms with E-state index in [-0.39, 0.29) is 0 Å². The van der Waals surface area contributed by atoms with E-state index >= 15 is 0 Å². The number of fused-ring (bicyclic) bond motifs is 1. The molecule has 1 nitrogen and oxygen atoms in total. The van der Waals surface area contributed by atoms with Crippen molar-refractivity contribution >= 4 is 17.4 Å². The molecule has 50 valence electrons. The van der Waals surface area contributed by atoms with Crippen LogP contribution in [0, 0.1) is 17.8 Å². The molecule has 0 amide bonds. The van der Waals surface area contributed by atoms with Crippen molar-refractivity contribution in [3.05, 3.63) is 0 Å². The van der Waals surface area contributed by atoms with Crippen molar-refractivity contribution in [1.82, 2.24) is 0 Å². The van der Waals surface area contributed by atoms with Gasteiger partial charge in [-0.05, 0) is 18.3 Å². The van der Waals surface area contributed by atoms with Gasteiger partial charge >= 0.3 is 0 Å². The smallest absolute Gasteiger partial charge is 0.136 e. The zero-order valence-corrected chi connectivity index (χ0v) is 5.90. The maximum Gasteiger partial charge on any atom is 0.136 e. The van der Waals surface area contributed by atoms with Gasteiger partial charge in [-0.25, -0.2) is 0 Å². The first-order valence-electron chi connectivity index (χ1n) is 3.43. The van der Waals surface area contributed by atoms with E-state index in [4.69, 9.17) is 11.6 Å². The van der Waals surface area contributed by atoms with Crippen LogP contribution in [0.4, 0.5) is 0 Å². The van der Waals surface area contributed by atoms with E-state index in [1.165, 1.54) is 0 Å². The molecule has 2 heteroatoms. The lowest BCUT2D eigenvalue weighted by atomic mass is 10.1. The molecule has 0 spiro atoms. The Bertz CT molecular complexity index is 151. The molecule has 2 aliphatic rings. The van der Waals surface area contributed by atoms with Gasteiger partial charge in [0.25, 0.3) is 0 Å². The first kappa shape index (κ1) is 5.72. The maximum absolute atomic E-state index is 10.9. The van der Waals surface area contributed by atoms with E-state index in [0.29, 0.717) is 29.4 Å². The van der Waals surface area contributed by atoms with Crippen molar-refractivity contribution in [3.8, 4) is 0 Å². The molecule has 0 aromatic heterocycles. The highest BCUT2D eigenvalue weighted by Gasteiger charge is 2.56. The van der Waals surface area contributed by atoms with Crippen LogP contribution in [0.15, 0.2) is 0 Å². The summed E-state index contributed by atoms with van der Waals surface area (Å²) in [6, 6.07) is 0. The lowest BCUT2D eigenvalue weighted by Gasteiger charge is -1.93. The summed E-state index contributed by atoms with van der Waals surface area (Å²) in [5.41, 5.74) is 0. The Kier molecular flexibility index (Phi) is 1.10. The molecule has 2 aliphatic carbocycles. The Hall–Kier alpha value is -0.0400. The van der Waals surface area contributed by atoms with E-state index in [2.05, 4.69) is 0 Å². The third-order valence-electron chi connectivity index (χ3n) is 2.61. The molecular formula is C7H9ClO. The average molecular weight is 145 g/mol.